The number of nitrogens with zero attached hydrogens (tertiary/aromatic N) is 2. The summed E-state index contributed by atoms with van der Waals surface area (Å²) in [5.41, 5.74) is 0.439. The predicted molar refractivity (Wildman–Crippen MR) is 60.6 cm³/mol. The first-order chi connectivity index (χ1) is 8.37. The Morgan fingerprint density at radius 2 is 1.89 bits per heavy atom. The zero-order chi connectivity index (χ0) is 13.3. The van der Waals surface area contributed by atoms with Gasteiger partial charge in [0.25, 0.3) is 0 Å². The molecule has 1 aliphatic heterocycles. The summed E-state index contributed by atoms with van der Waals surface area (Å²) in [6.07, 6.45) is -4.45. The highest BCUT2D eigenvalue weighted by molar-refractivity contribution is 6.30. The number of amides is 1. The Balaban J connectivity index is 2.26. The van der Waals surface area contributed by atoms with Crippen LogP contribution in [0.3, 0.4) is 0 Å². The van der Waals surface area contributed by atoms with Crippen molar-refractivity contribution in [3.8, 4) is 0 Å². The average Bonchev–Trinajstić information content (AvgIpc) is 2.60. The van der Waals surface area contributed by atoms with Gasteiger partial charge in [0.05, 0.1) is 0 Å². The SMILES string of the molecule is O=C1CN=C(c2ccc(Cl)cc2)N1CC(F)(F)F. The smallest absolute Gasteiger partial charge is 0.286 e. The molecule has 1 aromatic carbocycles. The Kier molecular flexibility index (Phi) is 3.30. The van der Waals surface area contributed by atoms with Gasteiger partial charge in [-0.25, -0.2) is 0 Å². The monoisotopic (exact) mass is 276 g/mol. The van der Waals surface area contributed by atoms with Gasteiger partial charge in [0.15, 0.2) is 0 Å². The van der Waals surface area contributed by atoms with Crippen LogP contribution in [-0.2, 0) is 4.79 Å². The normalized spacial score (nSPS) is 16.1. The van der Waals surface area contributed by atoms with Crippen molar-refractivity contribution in [2.75, 3.05) is 13.1 Å². The summed E-state index contributed by atoms with van der Waals surface area (Å²) in [6.45, 7) is -1.58. The van der Waals surface area contributed by atoms with Crippen molar-refractivity contribution >= 4 is 23.3 Å². The Morgan fingerprint density at radius 1 is 1.28 bits per heavy atom. The van der Waals surface area contributed by atoms with E-state index in [2.05, 4.69) is 4.99 Å². The minimum atomic E-state index is -4.45. The summed E-state index contributed by atoms with van der Waals surface area (Å²) in [5, 5.41) is 0.464. The molecule has 1 aliphatic rings. The first-order valence-electron chi connectivity index (χ1n) is 5.04. The lowest BCUT2D eigenvalue weighted by atomic mass is 10.2. The highest BCUT2D eigenvalue weighted by Gasteiger charge is 2.37. The molecule has 0 spiro atoms. The molecule has 2 rings (SSSR count). The molecule has 0 unspecified atom stereocenters. The summed E-state index contributed by atoms with van der Waals surface area (Å²) in [4.78, 5) is 15.9. The molecule has 96 valence electrons. The minimum Gasteiger partial charge on any atom is -0.286 e. The van der Waals surface area contributed by atoms with Crippen LogP contribution in [0.2, 0.25) is 5.02 Å². The van der Waals surface area contributed by atoms with Gasteiger partial charge >= 0.3 is 6.18 Å². The zero-order valence-corrected chi connectivity index (χ0v) is 9.79. The van der Waals surface area contributed by atoms with Crippen LogP contribution in [-0.4, -0.2) is 35.9 Å². The van der Waals surface area contributed by atoms with E-state index in [4.69, 9.17) is 11.6 Å². The van der Waals surface area contributed by atoms with E-state index in [-0.39, 0.29) is 12.4 Å². The van der Waals surface area contributed by atoms with Crippen molar-refractivity contribution in [3.05, 3.63) is 34.9 Å². The predicted octanol–water partition coefficient (Wildman–Crippen LogP) is 2.49. The molecule has 0 atom stereocenters. The molecule has 0 aromatic heterocycles. The van der Waals surface area contributed by atoms with E-state index in [0.717, 1.165) is 0 Å². The maximum absolute atomic E-state index is 12.4. The fourth-order valence-electron chi connectivity index (χ4n) is 1.62. The second-order valence-corrected chi connectivity index (χ2v) is 4.18. The Hall–Kier alpha value is -1.56. The number of carbonyl (C=O) groups is 1. The molecule has 1 amide bonds. The maximum atomic E-state index is 12.4. The third-order valence-electron chi connectivity index (χ3n) is 2.36. The number of amidine groups is 1. The molecule has 0 saturated carbocycles. The van der Waals surface area contributed by atoms with Crippen LogP contribution in [0.1, 0.15) is 5.56 Å². The Labute approximate surface area is 106 Å². The molecule has 18 heavy (non-hydrogen) atoms. The summed E-state index contributed by atoms with van der Waals surface area (Å²) in [7, 11) is 0. The topological polar surface area (TPSA) is 32.7 Å². The largest absolute Gasteiger partial charge is 0.406 e. The molecule has 3 nitrogen and oxygen atoms in total. The van der Waals surface area contributed by atoms with E-state index in [1.165, 1.54) is 24.3 Å². The standard InChI is InChI=1S/C11H8ClF3N2O/c12-8-3-1-7(2-4-8)10-16-5-9(18)17(10)6-11(13,14)15/h1-4H,5-6H2. The van der Waals surface area contributed by atoms with Crippen molar-refractivity contribution < 1.29 is 18.0 Å². The molecule has 7 heteroatoms. The quantitative estimate of drug-likeness (QED) is 0.817. The number of alkyl halides is 3. The van der Waals surface area contributed by atoms with Crippen LogP contribution >= 0.6 is 11.6 Å². The van der Waals surface area contributed by atoms with E-state index >= 15 is 0 Å². The van der Waals surface area contributed by atoms with Crippen LogP contribution in [0.4, 0.5) is 13.2 Å². The number of rotatable bonds is 2. The maximum Gasteiger partial charge on any atom is 0.406 e. The number of hydrogen-bond donors (Lipinski definition) is 0. The lowest BCUT2D eigenvalue weighted by Crippen LogP contribution is -2.40. The van der Waals surface area contributed by atoms with E-state index in [9.17, 15) is 18.0 Å². The van der Waals surface area contributed by atoms with E-state index in [0.29, 0.717) is 15.5 Å². The van der Waals surface area contributed by atoms with Gasteiger partial charge in [-0.2, -0.15) is 13.2 Å². The average molecular weight is 277 g/mol. The lowest BCUT2D eigenvalue weighted by Gasteiger charge is -2.20. The molecule has 0 bridgehead atoms. The summed E-state index contributed by atoms with van der Waals surface area (Å²) >= 11 is 5.69. The molecule has 0 fully saturated rings. The van der Waals surface area contributed by atoms with Crippen molar-refractivity contribution in [1.29, 1.82) is 0 Å². The van der Waals surface area contributed by atoms with E-state index in [1.54, 1.807) is 0 Å². The first-order valence-corrected chi connectivity index (χ1v) is 5.42. The van der Waals surface area contributed by atoms with Gasteiger partial charge in [0.1, 0.15) is 18.9 Å². The third-order valence-corrected chi connectivity index (χ3v) is 2.61. The molecular weight excluding hydrogens is 269 g/mol. The van der Waals surface area contributed by atoms with Gasteiger partial charge in [0, 0.05) is 10.6 Å². The van der Waals surface area contributed by atoms with Crippen molar-refractivity contribution in [1.82, 2.24) is 4.90 Å². The third kappa shape index (κ3) is 2.81. The molecule has 0 N–H and O–H groups in total. The number of carbonyl (C=O) groups excluding carboxylic acids is 1. The second kappa shape index (κ2) is 4.61. The van der Waals surface area contributed by atoms with Crippen LogP contribution in [0.15, 0.2) is 29.3 Å². The number of aliphatic imine (C=N–C) groups is 1. The number of halogens is 4. The Morgan fingerprint density at radius 3 is 2.44 bits per heavy atom. The van der Waals surface area contributed by atoms with Crippen molar-refractivity contribution in [3.63, 3.8) is 0 Å². The van der Waals surface area contributed by atoms with Gasteiger partial charge in [-0.05, 0) is 24.3 Å². The minimum absolute atomic E-state index is 0.0361. The van der Waals surface area contributed by atoms with Gasteiger partial charge in [-0.3, -0.25) is 14.7 Å². The van der Waals surface area contributed by atoms with E-state index < -0.39 is 18.6 Å². The lowest BCUT2D eigenvalue weighted by molar-refractivity contribution is -0.150. The van der Waals surface area contributed by atoms with Crippen LogP contribution in [0, 0.1) is 0 Å². The summed E-state index contributed by atoms with van der Waals surface area (Å²) in [5.74, 6) is -0.619. The molecule has 1 heterocycles. The molecule has 0 saturated heterocycles. The van der Waals surface area contributed by atoms with Crippen LogP contribution in [0.25, 0.3) is 0 Å². The molecule has 1 aromatic rings. The Bertz CT molecular complexity index is 496. The van der Waals surface area contributed by atoms with Crippen LogP contribution < -0.4 is 0 Å². The first kappa shape index (κ1) is 12.9. The van der Waals surface area contributed by atoms with Gasteiger partial charge in [0.2, 0.25) is 5.91 Å². The van der Waals surface area contributed by atoms with Gasteiger partial charge in [-0.1, -0.05) is 11.6 Å². The highest BCUT2D eigenvalue weighted by atomic mass is 35.5. The number of benzene rings is 1. The van der Waals surface area contributed by atoms with Crippen molar-refractivity contribution in [2.24, 2.45) is 4.99 Å². The zero-order valence-electron chi connectivity index (χ0n) is 9.04. The molecule has 0 aliphatic carbocycles. The van der Waals surface area contributed by atoms with Crippen molar-refractivity contribution in [2.45, 2.75) is 6.18 Å². The van der Waals surface area contributed by atoms with Crippen LogP contribution in [0.5, 0.6) is 0 Å². The molecular formula is C11H8ClF3N2O. The summed E-state index contributed by atoms with van der Waals surface area (Å²) in [6, 6.07) is 6.13. The highest BCUT2D eigenvalue weighted by Crippen LogP contribution is 2.22. The molecule has 0 radical (unpaired) electrons. The van der Waals surface area contributed by atoms with E-state index in [1.807, 2.05) is 0 Å². The van der Waals surface area contributed by atoms with Gasteiger partial charge in [-0.15, -0.1) is 0 Å². The summed E-state index contributed by atoms with van der Waals surface area (Å²) < 4.78 is 37.1. The fourth-order valence-corrected chi connectivity index (χ4v) is 1.75. The fraction of sp³-hybridized carbons (Fsp3) is 0.273. The van der Waals surface area contributed by atoms with Gasteiger partial charge < -0.3 is 0 Å². The second-order valence-electron chi connectivity index (χ2n) is 3.74. The number of hydrogen-bond acceptors (Lipinski definition) is 2.